The predicted octanol–water partition coefficient (Wildman–Crippen LogP) is 1.74. The lowest BCUT2D eigenvalue weighted by Gasteiger charge is -2.10. The van der Waals surface area contributed by atoms with Gasteiger partial charge in [0.2, 0.25) is 5.91 Å². The number of aliphatic hydroxyl groups excluding tert-OH is 1. The van der Waals surface area contributed by atoms with Crippen molar-refractivity contribution in [3.8, 4) is 0 Å². The van der Waals surface area contributed by atoms with E-state index in [1.54, 1.807) is 18.2 Å². The van der Waals surface area contributed by atoms with Gasteiger partial charge in [0.05, 0.1) is 24.4 Å². The molecule has 20 heavy (non-hydrogen) atoms. The zero-order chi connectivity index (χ0) is 15.1. The highest BCUT2D eigenvalue weighted by Crippen LogP contribution is 2.29. The molecule has 0 aliphatic heterocycles. The van der Waals surface area contributed by atoms with E-state index in [1.807, 2.05) is 0 Å². The lowest BCUT2D eigenvalue weighted by Crippen LogP contribution is -2.37. The summed E-state index contributed by atoms with van der Waals surface area (Å²) >= 11 is 13.0. The van der Waals surface area contributed by atoms with E-state index in [-0.39, 0.29) is 18.2 Å². The fraction of sp³-hybridized carbons (Fsp3) is 0.333. The summed E-state index contributed by atoms with van der Waals surface area (Å²) in [5.74, 6) is -1.04. The summed E-state index contributed by atoms with van der Waals surface area (Å²) in [4.78, 5) is 23.2. The Hall–Kier alpha value is -0.950. The Morgan fingerprint density at radius 3 is 2.80 bits per heavy atom. The summed E-state index contributed by atoms with van der Waals surface area (Å²) in [7, 11) is 1.16. The Kier molecular flexibility index (Phi) is 7.15. The fourth-order valence-electron chi connectivity index (χ4n) is 1.21. The second-order valence-corrected chi connectivity index (χ2v) is 5.57. The van der Waals surface area contributed by atoms with Crippen LogP contribution in [-0.2, 0) is 14.3 Å². The molecule has 0 aliphatic carbocycles. The highest BCUT2D eigenvalue weighted by atomic mass is 35.5. The molecule has 0 bridgehead atoms. The van der Waals surface area contributed by atoms with Gasteiger partial charge in [0.25, 0.3) is 0 Å². The zero-order valence-corrected chi connectivity index (χ0v) is 12.9. The van der Waals surface area contributed by atoms with E-state index in [4.69, 9.17) is 23.2 Å². The lowest BCUT2D eigenvalue weighted by atomic mass is 10.3. The molecule has 1 unspecified atom stereocenters. The number of methoxy groups -OCH3 is 1. The quantitative estimate of drug-likeness (QED) is 0.610. The second kappa shape index (κ2) is 8.36. The Balaban J connectivity index is 2.40. The minimum atomic E-state index is -1.37. The Morgan fingerprint density at radius 2 is 2.15 bits per heavy atom. The zero-order valence-electron chi connectivity index (χ0n) is 10.6. The molecular formula is C12H13Cl2NO4S. The molecule has 110 valence electrons. The topological polar surface area (TPSA) is 75.6 Å². The van der Waals surface area contributed by atoms with E-state index in [9.17, 15) is 14.7 Å². The molecule has 0 aromatic heterocycles. The average molecular weight is 338 g/mol. The first-order valence-corrected chi connectivity index (χ1v) is 7.28. The summed E-state index contributed by atoms with van der Waals surface area (Å²) in [6.07, 6.45) is -1.37. The van der Waals surface area contributed by atoms with Gasteiger partial charge in [0.15, 0.2) is 6.10 Å². The predicted molar refractivity (Wildman–Crippen MR) is 78.2 cm³/mol. The Morgan fingerprint density at radius 1 is 1.45 bits per heavy atom. The maximum atomic E-state index is 11.6. The van der Waals surface area contributed by atoms with Gasteiger partial charge in [0.1, 0.15) is 0 Å². The molecule has 0 saturated heterocycles. The number of hydrogen-bond acceptors (Lipinski definition) is 5. The van der Waals surface area contributed by atoms with E-state index >= 15 is 0 Å². The fourth-order valence-corrected chi connectivity index (χ4v) is 2.53. The molecule has 1 aromatic rings. The smallest absolute Gasteiger partial charge is 0.336 e. The summed E-state index contributed by atoms with van der Waals surface area (Å²) in [5, 5.41) is 12.7. The van der Waals surface area contributed by atoms with Crippen LogP contribution in [0, 0.1) is 0 Å². The summed E-state index contributed by atoms with van der Waals surface area (Å²) in [6.45, 7) is -0.199. The van der Waals surface area contributed by atoms with Crippen LogP contribution in [-0.4, -0.2) is 42.5 Å². The summed E-state index contributed by atoms with van der Waals surface area (Å²) < 4.78 is 4.32. The van der Waals surface area contributed by atoms with Crippen molar-refractivity contribution in [2.75, 3.05) is 19.4 Å². The number of rotatable bonds is 6. The minimum absolute atomic E-state index is 0.0912. The molecule has 0 heterocycles. The van der Waals surface area contributed by atoms with E-state index < -0.39 is 12.1 Å². The molecule has 0 saturated carbocycles. The number of benzene rings is 1. The van der Waals surface area contributed by atoms with Gasteiger partial charge in [-0.2, -0.15) is 0 Å². The van der Waals surface area contributed by atoms with Gasteiger partial charge in [0, 0.05) is 9.92 Å². The number of aliphatic hydroxyl groups is 1. The van der Waals surface area contributed by atoms with Crippen LogP contribution in [0.2, 0.25) is 10.0 Å². The van der Waals surface area contributed by atoms with Gasteiger partial charge in [-0.3, -0.25) is 4.79 Å². The van der Waals surface area contributed by atoms with Gasteiger partial charge in [-0.1, -0.05) is 23.2 Å². The van der Waals surface area contributed by atoms with Crippen LogP contribution >= 0.6 is 35.0 Å². The first kappa shape index (κ1) is 17.1. The molecule has 0 spiro atoms. The first-order valence-electron chi connectivity index (χ1n) is 5.54. The monoisotopic (exact) mass is 337 g/mol. The number of nitrogens with one attached hydrogen (secondary N) is 1. The van der Waals surface area contributed by atoms with E-state index in [0.29, 0.717) is 14.9 Å². The standard InChI is InChI=1S/C12H13Cl2NO4S/c1-19-12(18)9(16)5-15-11(17)6-20-10-4-7(13)2-3-8(10)14/h2-4,9,16H,5-6H2,1H3,(H,15,17). The van der Waals surface area contributed by atoms with Gasteiger partial charge in [-0.15, -0.1) is 11.8 Å². The SMILES string of the molecule is COC(=O)C(O)CNC(=O)CSc1cc(Cl)ccc1Cl. The number of halogens is 2. The number of amides is 1. The van der Waals surface area contributed by atoms with Crippen LogP contribution in [0.5, 0.6) is 0 Å². The highest BCUT2D eigenvalue weighted by molar-refractivity contribution is 8.00. The van der Waals surface area contributed by atoms with Gasteiger partial charge < -0.3 is 15.2 Å². The molecule has 5 nitrogen and oxygen atoms in total. The van der Waals surface area contributed by atoms with Crippen molar-refractivity contribution >= 4 is 46.8 Å². The normalized spacial score (nSPS) is 11.8. The van der Waals surface area contributed by atoms with Crippen LogP contribution in [0.15, 0.2) is 23.1 Å². The molecule has 0 fully saturated rings. The highest BCUT2D eigenvalue weighted by Gasteiger charge is 2.16. The van der Waals surface area contributed by atoms with Crippen molar-refractivity contribution in [3.05, 3.63) is 28.2 Å². The van der Waals surface area contributed by atoms with Gasteiger partial charge in [-0.05, 0) is 18.2 Å². The van der Waals surface area contributed by atoms with Crippen LogP contribution < -0.4 is 5.32 Å². The molecule has 2 N–H and O–H groups in total. The summed E-state index contributed by atoms with van der Waals surface area (Å²) in [5.41, 5.74) is 0. The first-order chi connectivity index (χ1) is 9.43. The van der Waals surface area contributed by atoms with Gasteiger partial charge >= 0.3 is 5.97 Å². The molecule has 1 aromatic carbocycles. The second-order valence-electron chi connectivity index (χ2n) is 3.71. The molecule has 8 heteroatoms. The van der Waals surface area contributed by atoms with E-state index in [1.165, 1.54) is 11.8 Å². The van der Waals surface area contributed by atoms with Crippen molar-refractivity contribution < 1.29 is 19.4 Å². The van der Waals surface area contributed by atoms with E-state index in [0.717, 1.165) is 7.11 Å². The molecule has 0 radical (unpaired) electrons. The number of ether oxygens (including phenoxy) is 1. The van der Waals surface area contributed by atoms with Crippen LogP contribution in [0.1, 0.15) is 0 Å². The van der Waals surface area contributed by atoms with Crippen LogP contribution in [0.25, 0.3) is 0 Å². The number of carbonyl (C=O) groups is 2. The van der Waals surface area contributed by atoms with Crippen LogP contribution in [0.4, 0.5) is 0 Å². The van der Waals surface area contributed by atoms with Crippen molar-refractivity contribution in [1.82, 2.24) is 5.32 Å². The molecule has 0 aliphatic rings. The van der Waals surface area contributed by atoms with Crippen molar-refractivity contribution in [2.24, 2.45) is 0 Å². The van der Waals surface area contributed by atoms with E-state index in [2.05, 4.69) is 10.1 Å². The maximum absolute atomic E-state index is 11.6. The third-order valence-electron chi connectivity index (χ3n) is 2.22. The largest absolute Gasteiger partial charge is 0.467 e. The average Bonchev–Trinajstić information content (AvgIpc) is 2.44. The third-order valence-corrected chi connectivity index (χ3v) is 3.95. The minimum Gasteiger partial charge on any atom is -0.467 e. The molecule has 1 amide bonds. The van der Waals surface area contributed by atoms with Crippen molar-refractivity contribution in [3.63, 3.8) is 0 Å². The third kappa shape index (κ3) is 5.58. The molecule has 1 rings (SSSR count). The maximum Gasteiger partial charge on any atom is 0.336 e. The number of thioether (sulfide) groups is 1. The lowest BCUT2D eigenvalue weighted by molar-refractivity contribution is -0.150. The molecule has 1 atom stereocenters. The number of carbonyl (C=O) groups excluding carboxylic acids is 2. The number of esters is 1. The Labute approximate surface area is 130 Å². The Bertz CT molecular complexity index is 498. The molecular weight excluding hydrogens is 325 g/mol. The van der Waals surface area contributed by atoms with Crippen molar-refractivity contribution in [2.45, 2.75) is 11.0 Å². The van der Waals surface area contributed by atoms with Crippen LogP contribution in [0.3, 0.4) is 0 Å². The van der Waals surface area contributed by atoms with Gasteiger partial charge in [-0.25, -0.2) is 4.79 Å². The van der Waals surface area contributed by atoms with Crippen molar-refractivity contribution in [1.29, 1.82) is 0 Å². The number of hydrogen-bond donors (Lipinski definition) is 2. The summed E-state index contributed by atoms with van der Waals surface area (Å²) in [6, 6.07) is 4.96.